The third kappa shape index (κ3) is 20.2. The zero-order chi connectivity index (χ0) is 59.9. The van der Waals surface area contributed by atoms with Crippen LogP contribution in [0.25, 0.3) is 22.3 Å². The molecule has 0 aliphatic heterocycles. The van der Waals surface area contributed by atoms with Crippen LogP contribution in [0.1, 0.15) is 56.3 Å². The highest BCUT2D eigenvalue weighted by molar-refractivity contribution is 6.60. The van der Waals surface area contributed by atoms with E-state index in [0.717, 1.165) is 0 Å². The fourth-order valence-electron chi connectivity index (χ4n) is 9.63. The van der Waals surface area contributed by atoms with Gasteiger partial charge in [0.05, 0.1) is 22.3 Å². The molecule has 1 unspecified atom stereocenters. The third-order valence-corrected chi connectivity index (χ3v) is 13.9. The van der Waals surface area contributed by atoms with Crippen LogP contribution in [0.2, 0.25) is 0 Å². The van der Waals surface area contributed by atoms with Gasteiger partial charge in [-0.3, -0.25) is 19.2 Å². The van der Waals surface area contributed by atoms with Gasteiger partial charge in [-0.2, -0.15) is 9.13 Å². The van der Waals surface area contributed by atoms with Crippen LogP contribution in [0.4, 0.5) is 0 Å². The van der Waals surface area contributed by atoms with E-state index in [4.69, 9.17) is 0 Å². The summed E-state index contributed by atoms with van der Waals surface area (Å²) in [6, 6.07) is 36.4. The number of nitrogens with zero attached hydrogens (tertiary/aromatic N) is 4. The molecule has 0 aliphatic rings. The van der Waals surface area contributed by atoms with Crippen molar-refractivity contribution in [3.63, 3.8) is 0 Å². The quantitative estimate of drug-likeness (QED) is 0.0110. The van der Waals surface area contributed by atoms with E-state index < -0.39 is 58.8 Å². The summed E-state index contributed by atoms with van der Waals surface area (Å²) in [4.78, 5) is 55.8. The van der Waals surface area contributed by atoms with Gasteiger partial charge in [-0.05, 0) is 59.5 Å². The number of halogens is 4. The van der Waals surface area contributed by atoms with Gasteiger partial charge < -0.3 is 129 Å². The maximum atomic E-state index is 14.8. The minimum absolute atomic E-state index is 0. The molecule has 4 aromatic carbocycles. The summed E-state index contributed by atoms with van der Waals surface area (Å²) < 4.78 is 7.11. The van der Waals surface area contributed by atoms with Crippen LogP contribution in [0.3, 0.4) is 0 Å². The number of carbonyl (C=O) groups is 4. The van der Waals surface area contributed by atoms with Crippen molar-refractivity contribution >= 4 is 74.0 Å². The second-order valence-corrected chi connectivity index (χ2v) is 20.2. The molecule has 0 radical (unpaired) electrons. The van der Waals surface area contributed by atoms with Gasteiger partial charge in [0.1, 0.15) is 17.2 Å². The Balaban J connectivity index is 0.00000414. The number of carbonyl (C=O) groups excluding carboxylic acids is 4. The molecule has 88 heavy (non-hydrogen) atoms. The van der Waals surface area contributed by atoms with Crippen LogP contribution in [0.5, 0.6) is 0 Å². The first-order valence-corrected chi connectivity index (χ1v) is 27.0. The van der Waals surface area contributed by atoms with Crippen LogP contribution in [-0.4, -0.2) is 118 Å². The average molecular weight is 1450 g/mol. The molecular weight excluding hydrogens is 1390 g/mol. The molecule has 4 amide bonds. The Kier molecular flexibility index (Phi) is 29.4. The summed E-state index contributed by atoms with van der Waals surface area (Å²) in [5, 5.41) is 92.6. The van der Waals surface area contributed by atoms with Gasteiger partial charge in [-0.1, -0.05) is 104 Å². The normalized spacial score (nSPS) is 10.7. The summed E-state index contributed by atoms with van der Waals surface area (Å²) in [7, 11) is -6.97. The summed E-state index contributed by atoms with van der Waals surface area (Å²) in [5.41, 5.74) is 6.55. The van der Waals surface area contributed by atoms with E-state index in [0.29, 0.717) is 67.4 Å². The van der Waals surface area contributed by atoms with Gasteiger partial charge in [-0.15, -0.1) is 0 Å². The minimum Gasteiger partial charge on any atom is -1.00 e. The highest BCUT2D eigenvalue weighted by Gasteiger charge is 2.28. The van der Waals surface area contributed by atoms with Crippen LogP contribution >= 0.6 is 0 Å². The van der Waals surface area contributed by atoms with Crippen LogP contribution < -0.4 is 129 Å². The summed E-state index contributed by atoms with van der Waals surface area (Å²) in [5.74, 6) is -2.35. The number of hydrogen-bond donors (Lipinski definition) is 12. The molecule has 20 nitrogen and oxygen atoms in total. The van der Waals surface area contributed by atoms with Gasteiger partial charge >= 0.3 is 28.5 Å². The predicted octanol–water partition coefficient (Wildman–Crippen LogP) is -15.2. The predicted molar refractivity (Wildman–Crippen MR) is 315 cm³/mol. The lowest BCUT2D eigenvalue weighted by molar-refractivity contribution is -0.689. The van der Waals surface area contributed by atoms with Gasteiger partial charge in [0.25, 0.3) is 11.8 Å². The van der Waals surface area contributed by atoms with E-state index in [9.17, 15) is 59.4 Å². The lowest BCUT2D eigenvalue weighted by atomic mass is 9.77. The minimum atomic E-state index is -1.80. The van der Waals surface area contributed by atoms with Crippen LogP contribution in [-0.2, 0) is 35.8 Å². The first kappa shape index (κ1) is 73.4. The first-order chi connectivity index (χ1) is 40.4. The number of aromatic nitrogens is 4. The second-order valence-electron chi connectivity index (χ2n) is 20.2. The summed E-state index contributed by atoms with van der Waals surface area (Å²) in [6.45, 7) is 5.79. The Morgan fingerprint density at radius 1 is 0.443 bits per heavy atom. The molecule has 8 rings (SSSR count). The van der Waals surface area contributed by atoms with Crippen molar-refractivity contribution in [3.8, 4) is 22.3 Å². The van der Waals surface area contributed by atoms with Gasteiger partial charge in [0.15, 0.2) is 75.8 Å². The molecule has 456 valence electrons. The van der Waals surface area contributed by atoms with Crippen molar-refractivity contribution in [2.45, 2.75) is 45.6 Å². The van der Waals surface area contributed by atoms with Gasteiger partial charge in [-0.25, -0.2) is 9.13 Å². The standard InChI is InChI=1S/C60H60B4N8O12.4BrH/c1-41(2)57(73)65-24-13-25-66-60(76)56(68-59(75)51-29-49(38-72(40-51)36-47-17-6-10-23-55(47)64(83)84)43-19-12-27-70(32-43)34-45-15-4-8-21-53(45)62(79)80)30-67-58(74)50-28-48(37-71(39-50)35-46-16-5-9-22-54(46)63(81)82)42-18-11-26-69(31-42)33-44-14-3-7-20-52(44)61(77)78;;;;/h3-12,14-23,26-29,31-32,37-40,56,77-84H,1,13,24-25,30,33-36H2,2H3;4*1H. The Morgan fingerprint density at radius 2 is 0.795 bits per heavy atom. The number of nitrogens with one attached hydrogen (secondary N) is 4. The van der Waals surface area contributed by atoms with Crippen molar-refractivity contribution in [1.82, 2.24) is 21.3 Å². The zero-order valence-corrected chi connectivity index (χ0v) is 53.9. The average Bonchev–Trinajstić information content (AvgIpc) is 1.26. The van der Waals surface area contributed by atoms with Crippen molar-refractivity contribution in [1.29, 1.82) is 0 Å². The molecule has 0 aliphatic carbocycles. The summed E-state index contributed by atoms with van der Waals surface area (Å²) >= 11 is 0. The molecule has 8 aromatic rings. The maximum absolute atomic E-state index is 14.8. The molecule has 0 saturated carbocycles. The Morgan fingerprint density at radius 3 is 1.18 bits per heavy atom. The number of pyridine rings is 4. The van der Waals surface area contributed by atoms with Gasteiger partial charge in [0.2, 0.25) is 11.8 Å². The number of hydrogen-bond acceptors (Lipinski definition) is 12. The zero-order valence-electron chi connectivity index (χ0n) is 47.6. The second kappa shape index (κ2) is 35.2. The lowest BCUT2D eigenvalue weighted by Crippen LogP contribution is -3.00. The Labute approximate surface area is 553 Å². The van der Waals surface area contributed by atoms with E-state index in [-0.39, 0.29) is 135 Å². The molecule has 0 spiro atoms. The molecule has 28 heteroatoms. The Hall–Kier alpha value is -7.04. The molecular formula is C60H64B4Br4N8O12. The van der Waals surface area contributed by atoms with E-state index in [1.165, 1.54) is 0 Å². The lowest BCUT2D eigenvalue weighted by Gasteiger charge is -2.19. The molecule has 0 bridgehead atoms. The monoisotopic (exact) mass is 1450 g/mol. The van der Waals surface area contributed by atoms with Gasteiger partial charge in [0, 0.05) is 59.6 Å². The van der Waals surface area contributed by atoms with E-state index in [2.05, 4.69) is 27.8 Å². The topological polar surface area (TPSA) is 294 Å². The first-order valence-electron chi connectivity index (χ1n) is 27.0. The molecule has 0 saturated heterocycles. The fourth-order valence-corrected chi connectivity index (χ4v) is 9.63. The fraction of sp³-hybridized carbons (Fsp3) is 0.167. The molecule has 0 fully saturated rings. The third-order valence-electron chi connectivity index (χ3n) is 13.9. The number of amides is 4. The maximum Gasteiger partial charge on any atom is 0.488 e. The van der Waals surface area contributed by atoms with Crippen LogP contribution in [0, 0.1) is 0 Å². The molecule has 12 N–H and O–H groups in total. The number of benzene rings is 4. The van der Waals surface area contributed by atoms with E-state index in [1.54, 1.807) is 162 Å². The van der Waals surface area contributed by atoms with E-state index >= 15 is 0 Å². The highest BCUT2D eigenvalue weighted by Crippen LogP contribution is 2.20. The molecule has 4 heterocycles. The summed E-state index contributed by atoms with van der Waals surface area (Å²) in [6.07, 6.45) is 14.3. The van der Waals surface area contributed by atoms with Crippen molar-refractivity contribution in [2.75, 3.05) is 19.6 Å². The van der Waals surface area contributed by atoms with Crippen molar-refractivity contribution in [3.05, 3.63) is 229 Å². The number of rotatable bonds is 25. The molecule has 4 aromatic heterocycles. The Bertz CT molecular complexity index is 3710. The van der Waals surface area contributed by atoms with Crippen molar-refractivity contribution in [2.24, 2.45) is 0 Å². The van der Waals surface area contributed by atoms with Crippen LogP contribution in [0.15, 0.2) is 195 Å². The molecule has 1 atom stereocenters. The van der Waals surface area contributed by atoms with E-state index in [1.807, 2.05) is 46.1 Å². The largest absolute Gasteiger partial charge is 1.00 e. The smallest absolute Gasteiger partial charge is 0.488 e. The van der Waals surface area contributed by atoms with Crippen molar-refractivity contribution < 1.29 is 146 Å². The SMILES string of the molecule is C=C(C)C(=O)NCCCNC(=O)C(CNC(=O)c1cc(-c2ccc[n+](Cc3ccccc3B(O)O)c2)c[n+](Cc2ccccc2B(O)O)c1)NC(=O)c1cc(-c2ccc[n+](Cc3ccccc3B(O)O)c2)c[n+](Cc2ccccc2B(O)O)c1.[Br-].[Br-].[Br-].[Br-]. The highest BCUT2D eigenvalue weighted by atomic mass is 79.9.